The molecule has 114 valence electrons. The van der Waals surface area contributed by atoms with Gasteiger partial charge in [-0.2, -0.15) is 0 Å². The van der Waals surface area contributed by atoms with E-state index in [-0.39, 0.29) is 16.5 Å². The first-order chi connectivity index (χ1) is 10.5. The molecule has 0 bridgehead atoms. The summed E-state index contributed by atoms with van der Waals surface area (Å²) in [4.78, 5) is 22.0. The molecule has 0 saturated carbocycles. The SMILES string of the molecule is Cc1cc(OCC(=O)Oc2ccccc2)c([N+](=O)[O-])cc1Cl. The Balaban J connectivity index is 2.06. The average molecular weight is 322 g/mol. The molecule has 0 atom stereocenters. The Kier molecular flexibility index (Phi) is 4.95. The lowest BCUT2D eigenvalue weighted by Crippen LogP contribution is -2.18. The topological polar surface area (TPSA) is 78.7 Å². The molecule has 2 aromatic rings. The molecule has 0 aliphatic heterocycles. The molecule has 0 N–H and O–H groups in total. The maximum atomic E-state index is 11.7. The zero-order valence-corrected chi connectivity index (χ0v) is 12.4. The second kappa shape index (κ2) is 6.91. The van der Waals surface area contributed by atoms with Crippen molar-refractivity contribution in [1.82, 2.24) is 0 Å². The van der Waals surface area contributed by atoms with Crippen LogP contribution in [0.25, 0.3) is 0 Å². The minimum Gasteiger partial charge on any atom is -0.475 e. The smallest absolute Gasteiger partial charge is 0.349 e. The van der Waals surface area contributed by atoms with Gasteiger partial charge in [-0.25, -0.2) is 4.79 Å². The Morgan fingerprint density at radius 3 is 2.59 bits per heavy atom. The molecule has 2 rings (SSSR count). The molecule has 0 aliphatic carbocycles. The summed E-state index contributed by atoms with van der Waals surface area (Å²) in [6.45, 7) is 1.23. The van der Waals surface area contributed by atoms with Crippen molar-refractivity contribution in [1.29, 1.82) is 0 Å². The first kappa shape index (κ1) is 15.8. The minimum atomic E-state index is -0.659. The summed E-state index contributed by atoms with van der Waals surface area (Å²) in [5.41, 5.74) is 0.307. The van der Waals surface area contributed by atoms with Crippen LogP contribution < -0.4 is 9.47 Å². The maximum Gasteiger partial charge on any atom is 0.349 e. The van der Waals surface area contributed by atoms with Crippen LogP contribution in [0.2, 0.25) is 5.02 Å². The molecule has 0 radical (unpaired) electrons. The summed E-state index contributed by atoms with van der Waals surface area (Å²) in [6, 6.07) is 11.1. The lowest BCUT2D eigenvalue weighted by Gasteiger charge is -2.08. The van der Waals surface area contributed by atoms with Crippen LogP contribution in [0.3, 0.4) is 0 Å². The van der Waals surface area contributed by atoms with Crippen LogP contribution >= 0.6 is 11.6 Å². The second-order valence-electron chi connectivity index (χ2n) is 4.40. The second-order valence-corrected chi connectivity index (χ2v) is 4.81. The van der Waals surface area contributed by atoms with E-state index >= 15 is 0 Å². The van der Waals surface area contributed by atoms with E-state index in [0.717, 1.165) is 0 Å². The van der Waals surface area contributed by atoms with E-state index < -0.39 is 17.5 Å². The first-order valence-electron chi connectivity index (χ1n) is 6.30. The summed E-state index contributed by atoms with van der Waals surface area (Å²) < 4.78 is 10.2. The normalized spacial score (nSPS) is 10.1. The van der Waals surface area contributed by atoms with Gasteiger partial charge in [0.15, 0.2) is 12.4 Å². The van der Waals surface area contributed by atoms with Crippen LogP contribution in [-0.4, -0.2) is 17.5 Å². The summed E-state index contributed by atoms with van der Waals surface area (Å²) >= 11 is 5.85. The Bertz CT molecular complexity index is 703. The molecule has 22 heavy (non-hydrogen) atoms. The van der Waals surface area contributed by atoms with Gasteiger partial charge in [0, 0.05) is 6.07 Å². The number of nitrogens with zero attached hydrogens (tertiary/aromatic N) is 1. The molecule has 0 heterocycles. The van der Waals surface area contributed by atoms with Crippen LogP contribution in [0.5, 0.6) is 11.5 Å². The maximum absolute atomic E-state index is 11.7. The van der Waals surface area contributed by atoms with Gasteiger partial charge in [0.1, 0.15) is 5.75 Å². The molecule has 0 aromatic heterocycles. The molecule has 0 amide bonds. The van der Waals surface area contributed by atoms with E-state index in [0.29, 0.717) is 11.3 Å². The average Bonchev–Trinajstić information content (AvgIpc) is 2.49. The fourth-order valence-electron chi connectivity index (χ4n) is 1.69. The van der Waals surface area contributed by atoms with Crippen molar-refractivity contribution in [3.05, 3.63) is 63.2 Å². The lowest BCUT2D eigenvalue weighted by molar-refractivity contribution is -0.385. The Labute approximate surface area is 131 Å². The van der Waals surface area contributed by atoms with Crippen molar-refractivity contribution >= 4 is 23.3 Å². The summed E-state index contributed by atoms with van der Waals surface area (Å²) in [5.74, 6) is -0.317. The van der Waals surface area contributed by atoms with Crippen molar-refractivity contribution in [3.63, 3.8) is 0 Å². The number of nitro groups is 1. The summed E-state index contributed by atoms with van der Waals surface area (Å²) in [6.07, 6.45) is 0. The van der Waals surface area contributed by atoms with E-state index in [1.54, 1.807) is 37.3 Å². The molecule has 7 heteroatoms. The Morgan fingerprint density at radius 2 is 1.95 bits per heavy atom. The van der Waals surface area contributed by atoms with Crippen LogP contribution in [0, 0.1) is 17.0 Å². The zero-order valence-electron chi connectivity index (χ0n) is 11.6. The fraction of sp³-hybridized carbons (Fsp3) is 0.133. The highest BCUT2D eigenvalue weighted by Gasteiger charge is 2.19. The number of para-hydroxylation sites is 1. The number of esters is 1. The quantitative estimate of drug-likeness (QED) is 0.364. The number of hydrogen-bond donors (Lipinski definition) is 0. The number of ether oxygens (including phenoxy) is 2. The van der Waals surface area contributed by atoms with Crippen molar-refractivity contribution in [2.45, 2.75) is 6.92 Å². The van der Waals surface area contributed by atoms with Crippen LogP contribution in [0.4, 0.5) is 5.69 Å². The number of carbonyl (C=O) groups excluding carboxylic acids is 1. The van der Waals surface area contributed by atoms with Gasteiger partial charge in [0.25, 0.3) is 0 Å². The van der Waals surface area contributed by atoms with Gasteiger partial charge in [0.05, 0.1) is 9.95 Å². The lowest BCUT2D eigenvalue weighted by atomic mass is 10.2. The standard InChI is InChI=1S/C15H12ClNO5/c1-10-7-14(13(17(19)20)8-12(10)16)21-9-15(18)22-11-5-3-2-4-6-11/h2-8H,9H2,1H3. The zero-order chi connectivity index (χ0) is 16.1. The van der Waals surface area contributed by atoms with Crippen molar-refractivity contribution in [2.24, 2.45) is 0 Å². The largest absolute Gasteiger partial charge is 0.475 e. The van der Waals surface area contributed by atoms with Crippen LogP contribution in [0.1, 0.15) is 5.56 Å². The number of aryl methyl sites for hydroxylation is 1. The van der Waals surface area contributed by atoms with Crippen LogP contribution in [0.15, 0.2) is 42.5 Å². The minimum absolute atomic E-state index is 0.0306. The van der Waals surface area contributed by atoms with Gasteiger partial charge < -0.3 is 9.47 Å². The van der Waals surface area contributed by atoms with Crippen molar-refractivity contribution < 1.29 is 19.2 Å². The number of carbonyl (C=O) groups is 1. The van der Waals surface area contributed by atoms with Gasteiger partial charge in [-0.3, -0.25) is 10.1 Å². The monoisotopic (exact) mass is 321 g/mol. The van der Waals surface area contributed by atoms with Crippen molar-refractivity contribution in [2.75, 3.05) is 6.61 Å². The van der Waals surface area contributed by atoms with Crippen LogP contribution in [-0.2, 0) is 4.79 Å². The molecular weight excluding hydrogens is 310 g/mol. The predicted molar refractivity (Wildman–Crippen MR) is 80.4 cm³/mol. The Hall–Kier alpha value is -2.60. The fourth-order valence-corrected chi connectivity index (χ4v) is 1.85. The van der Waals surface area contributed by atoms with Gasteiger partial charge in [-0.1, -0.05) is 29.8 Å². The predicted octanol–water partition coefficient (Wildman–Crippen LogP) is 3.54. The highest BCUT2D eigenvalue weighted by Crippen LogP contribution is 2.32. The number of benzene rings is 2. The Morgan fingerprint density at radius 1 is 1.27 bits per heavy atom. The third kappa shape index (κ3) is 3.95. The summed E-state index contributed by atoms with van der Waals surface area (Å²) in [5, 5.41) is 11.2. The number of rotatable bonds is 5. The van der Waals surface area contributed by atoms with Gasteiger partial charge in [-0.05, 0) is 30.7 Å². The number of nitro benzene ring substituents is 1. The molecular formula is C15H12ClNO5. The van der Waals surface area contributed by atoms with E-state index in [1.807, 2.05) is 0 Å². The molecule has 0 saturated heterocycles. The molecule has 0 unspecified atom stereocenters. The van der Waals surface area contributed by atoms with Gasteiger partial charge in [0.2, 0.25) is 0 Å². The van der Waals surface area contributed by atoms with E-state index in [1.165, 1.54) is 12.1 Å². The molecule has 0 fully saturated rings. The van der Waals surface area contributed by atoms with Gasteiger partial charge >= 0.3 is 11.7 Å². The third-order valence-corrected chi connectivity index (χ3v) is 3.16. The van der Waals surface area contributed by atoms with E-state index in [9.17, 15) is 14.9 Å². The third-order valence-electron chi connectivity index (χ3n) is 2.76. The number of hydrogen-bond acceptors (Lipinski definition) is 5. The number of halogens is 1. The molecule has 2 aromatic carbocycles. The van der Waals surface area contributed by atoms with Crippen molar-refractivity contribution in [3.8, 4) is 11.5 Å². The van der Waals surface area contributed by atoms with E-state index in [2.05, 4.69) is 0 Å². The highest BCUT2D eigenvalue weighted by molar-refractivity contribution is 6.31. The molecule has 0 aliphatic rings. The highest BCUT2D eigenvalue weighted by atomic mass is 35.5. The van der Waals surface area contributed by atoms with E-state index in [4.69, 9.17) is 21.1 Å². The summed E-state index contributed by atoms with van der Waals surface area (Å²) in [7, 11) is 0. The van der Waals surface area contributed by atoms with Gasteiger partial charge in [-0.15, -0.1) is 0 Å². The first-order valence-corrected chi connectivity index (χ1v) is 6.68. The molecule has 0 spiro atoms. The molecule has 6 nitrogen and oxygen atoms in total.